The number of benzene rings is 2. The van der Waals surface area contributed by atoms with Crippen LogP contribution in [-0.4, -0.2) is 5.78 Å². The highest BCUT2D eigenvalue weighted by Crippen LogP contribution is 2.20. The van der Waals surface area contributed by atoms with Gasteiger partial charge in [-0.2, -0.15) is 5.26 Å². The van der Waals surface area contributed by atoms with Gasteiger partial charge >= 0.3 is 0 Å². The first-order chi connectivity index (χ1) is 8.31. The average Bonchev–Trinajstić information content (AvgIpc) is 2.39. The normalized spacial score (nSPS) is 10.1. The van der Waals surface area contributed by atoms with Crippen molar-refractivity contribution in [3.05, 3.63) is 48.0 Å². The fraction of sp³-hybridized carbons (Fsp3) is 0.200. The van der Waals surface area contributed by atoms with Crippen LogP contribution in [0.2, 0.25) is 0 Å². The number of ketones is 1. The SMILES string of the molecule is N#CC(=O)CCCc1cccc2ccccc12. The van der Waals surface area contributed by atoms with Crippen molar-refractivity contribution in [2.24, 2.45) is 0 Å². The summed E-state index contributed by atoms with van der Waals surface area (Å²) in [4.78, 5) is 10.9. The van der Waals surface area contributed by atoms with Crippen LogP contribution in [0.25, 0.3) is 10.8 Å². The van der Waals surface area contributed by atoms with Gasteiger partial charge in [0, 0.05) is 6.42 Å². The number of rotatable bonds is 4. The summed E-state index contributed by atoms with van der Waals surface area (Å²) >= 11 is 0. The van der Waals surface area contributed by atoms with Crippen LogP contribution in [0.15, 0.2) is 42.5 Å². The zero-order valence-electron chi connectivity index (χ0n) is 9.52. The number of nitriles is 1. The second-order valence-electron chi connectivity index (χ2n) is 4.03. The first kappa shape index (κ1) is 11.3. The van der Waals surface area contributed by atoms with E-state index in [1.165, 1.54) is 16.3 Å². The van der Waals surface area contributed by atoms with Gasteiger partial charge in [0.1, 0.15) is 6.07 Å². The van der Waals surface area contributed by atoms with Gasteiger partial charge in [0.05, 0.1) is 0 Å². The fourth-order valence-electron chi connectivity index (χ4n) is 2.01. The molecule has 0 radical (unpaired) electrons. The van der Waals surface area contributed by atoms with E-state index in [2.05, 4.69) is 24.3 Å². The van der Waals surface area contributed by atoms with Crippen molar-refractivity contribution in [1.82, 2.24) is 0 Å². The molecule has 0 spiro atoms. The van der Waals surface area contributed by atoms with E-state index in [9.17, 15) is 4.79 Å². The average molecular weight is 223 g/mol. The number of carbonyl (C=O) groups excluding carboxylic acids is 1. The van der Waals surface area contributed by atoms with Crippen molar-refractivity contribution in [1.29, 1.82) is 5.26 Å². The molecular weight excluding hydrogens is 210 g/mol. The molecule has 2 aromatic rings. The first-order valence-corrected chi connectivity index (χ1v) is 5.71. The van der Waals surface area contributed by atoms with Crippen LogP contribution in [-0.2, 0) is 11.2 Å². The smallest absolute Gasteiger partial charge is 0.231 e. The number of aryl methyl sites for hydroxylation is 1. The standard InChI is InChI=1S/C15H13NO/c16-11-14(17)9-4-8-13-7-3-6-12-5-1-2-10-15(12)13/h1-3,5-7,10H,4,8-9H2. The van der Waals surface area contributed by atoms with Crippen molar-refractivity contribution in [3.8, 4) is 6.07 Å². The van der Waals surface area contributed by atoms with Crippen molar-refractivity contribution in [2.45, 2.75) is 19.3 Å². The van der Waals surface area contributed by atoms with Gasteiger partial charge in [-0.05, 0) is 29.2 Å². The van der Waals surface area contributed by atoms with Crippen molar-refractivity contribution >= 4 is 16.6 Å². The molecule has 2 rings (SSSR count). The second-order valence-corrected chi connectivity index (χ2v) is 4.03. The maximum Gasteiger partial charge on any atom is 0.231 e. The molecule has 0 fully saturated rings. The lowest BCUT2D eigenvalue weighted by Gasteiger charge is -2.05. The van der Waals surface area contributed by atoms with E-state index in [1.807, 2.05) is 18.2 Å². The molecule has 0 saturated heterocycles. The minimum absolute atomic E-state index is 0.328. The Morgan fingerprint density at radius 1 is 1.12 bits per heavy atom. The molecule has 0 aromatic heterocycles. The predicted octanol–water partition coefficient (Wildman–Crippen LogP) is 3.26. The van der Waals surface area contributed by atoms with E-state index in [1.54, 1.807) is 6.07 Å². The van der Waals surface area contributed by atoms with E-state index >= 15 is 0 Å². The molecule has 0 heterocycles. The molecule has 17 heavy (non-hydrogen) atoms. The van der Waals surface area contributed by atoms with Gasteiger partial charge in [-0.1, -0.05) is 42.5 Å². The number of hydrogen-bond acceptors (Lipinski definition) is 2. The van der Waals surface area contributed by atoms with E-state index in [0.29, 0.717) is 6.42 Å². The highest BCUT2D eigenvalue weighted by atomic mass is 16.1. The van der Waals surface area contributed by atoms with Gasteiger partial charge in [0.2, 0.25) is 5.78 Å². The Balaban J connectivity index is 2.14. The van der Waals surface area contributed by atoms with Crippen LogP contribution in [0, 0.1) is 11.3 Å². The lowest BCUT2D eigenvalue weighted by Crippen LogP contribution is -1.95. The summed E-state index contributed by atoms with van der Waals surface area (Å²) in [5.74, 6) is -0.328. The molecule has 84 valence electrons. The number of nitrogens with zero attached hydrogens (tertiary/aromatic N) is 1. The topological polar surface area (TPSA) is 40.9 Å². The fourth-order valence-corrected chi connectivity index (χ4v) is 2.01. The molecule has 0 amide bonds. The quantitative estimate of drug-likeness (QED) is 0.746. The minimum atomic E-state index is -0.328. The molecule has 0 saturated carbocycles. The Morgan fingerprint density at radius 3 is 2.71 bits per heavy atom. The van der Waals surface area contributed by atoms with Gasteiger partial charge in [-0.3, -0.25) is 4.79 Å². The Bertz CT molecular complexity index is 575. The number of Topliss-reactive ketones (excluding diaryl/α,β-unsaturated/α-hetero) is 1. The monoisotopic (exact) mass is 223 g/mol. The van der Waals surface area contributed by atoms with Crippen LogP contribution in [0.4, 0.5) is 0 Å². The largest absolute Gasteiger partial charge is 0.283 e. The lowest BCUT2D eigenvalue weighted by molar-refractivity contribution is -0.114. The third-order valence-electron chi connectivity index (χ3n) is 2.85. The van der Waals surface area contributed by atoms with Crippen LogP contribution in [0.1, 0.15) is 18.4 Å². The van der Waals surface area contributed by atoms with Crippen molar-refractivity contribution < 1.29 is 4.79 Å². The molecule has 0 aliphatic carbocycles. The molecule has 2 aromatic carbocycles. The van der Waals surface area contributed by atoms with Crippen LogP contribution < -0.4 is 0 Å². The number of carbonyl (C=O) groups is 1. The molecule has 0 aliphatic heterocycles. The highest BCUT2D eigenvalue weighted by molar-refractivity contribution is 5.93. The number of fused-ring (bicyclic) bond motifs is 1. The molecule has 2 nitrogen and oxygen atoms in total. The summed E-state index contributed by atoms with van der Waals surface area (Å²) in [6.07, 6.45) is 1.93. The zero-order valence-corrected chi connectivity index (χ0v) is 9.52. The summed E-state index contributed by atoms with van der Waals surface area (Å²) < 4.78 is 0. The first-order valence-electron chi connectivity index (χ1n) is 5.71. The van der Waals surface area contributed by atoms with Gasteiger partial charge in [-0.15, -0.1) is 0 Å². The van der Waals surface area contributed by atoms with Gasteiger partial charge < -0.3 is 0 Å². The minimum Gasteiger partial charge on any atom is -0.283 e. The van der Waals surface area contributed by atoms with Crippen LogP contribution in [0.5, 0.6) is 0 Å². The molecule has 0 unspecified atom stereocenters. The maximum absolute atomic E-state index is 10.9. The van der Waals surface area contributed by atoms with E-state index in [-0.39, 0.29) is 5.78 Å². The molecule has 0 atom stereocenters. The van der Waals surface area contributed by atoms with Crippen LogP contribution >= 0.6 is 0 Å². The Hall–Kier alpha value is -2.14. The van der Waals surface area contributed by atoms with Gasteiger partial charge in [-0.25, -0.2) is 0 Å². The van der Waals surface area contributed by atoms with Crippen molar-refractivity contribution in [3.63, 3.8) is 0 Å². The number of hydrogen-bond donors (Lipinski definition) is 0. The molecule has 0 N–H and O–H groups in total. The maximum atomic E-state index is 10.9. The predicted molar refractivity (Wildman–Crippen MR) is 67.5 cm³/mol. The Labute approximate surface area is 100 Å². The summed E-state index contributed by atoms with van der Waals surface area (Å²) in [6, 6.07) is 16.1. The zero-order chi connectivity index (χ0) is 12.1. The van der Waals surface area contributed by atoms with Gasteiger partial charge in [0.25, 0.3) is 0 Å². The summed E-state index contributed by atoms with van der Waals surface area (Å²) in [6.45, 7) is 0. The van der Waals surface area contributed by atoms with Gasteiger partial charge in [0.15, 0.2) is 0 Å². The van der Waals surface area contributed by atoms with E-state index in [4.69, 9.17) is 5.26 Å². The summed E-state index contributed by atoms with van der Waals surface area (Å²) in [7, 11) is 0. The highest BCUT2D eigenvalue weighted by Gasteiger charge is 2.02. The second kappa shape index (κ2) is 5.27. The third-order valence-corrected chi connectivity index (χ3v) is 2.85. The molecule has 0 aliphatic rings. The lowest BCUT2D eigenvalue weighted by atomic mass is 10.00. The Morgan fingerprint density at radius 2 is 1.88 bits per heavy atom. The van der Waals surface area contributed by atoms with E-state index < -0.39 is 0 Å². The molecule has 0 bridgehead atoms. The van der Waals surface area contributed by atoms with Crippen molar-refractivity contribution in [2.75, 3.05) is 0 Å². The van der Waals surface area contributed by atoms with E-state index in [0.717, 1.165) is 12.8 Å². The third kappa shape index (κ3) is 2.70. The molecular formula is C15H13NO. The molecule has 2 heteroatoms. The summed E-state index contributed by atoms with van der Waals surface area (Å²) in [5.41, 5.74) is 1.24. The Kier molecular flexibility index (Phi) is 3.52. The summed E-state index contributed by atoms with van der Waals surface area (Å²) in [5, 5.41) is 10.9. The van der Waals surface area contributed by atoms with Crippen LogP contribution in [0.3, 0.4) is 0 Å².